The van der Waals surface area contributed by atoms with Crippen LogP contribution >= 0.6 is 11.6 Å². The van der Waals surface area contributed by atoms with Gasteiger partial charge in [0.1, 0.15) is 17.0 Å². The lowest BCUT2D eigenvalue weighted by atomic mass is 9.77. The molecule has 0 aliphatic heterocycles. The van der Waals surface area contributed by atoms with Gasteiger partial charge in [-0.15, -0.1) is 0 Å². The molecule has 0 unspecified atom stereocenters. The largest absolute Gasteiger partial charge is 0.360 e. The highest BCUT2D eigenvalue weighted by molar-refractivity contribution is 6.33. The van der Waals surface area contributed by atoms with Crippen molar-refractivity contribution in [3.63, 3.8) is 0 Å². The van der Waals surface area contributed by atoms with Crippen LogP contribution in [0.1, 0.15) is 62.7 Å². The lowest BCUT2D eigenvalue weighted by molar-refractivity contribution is 0.308. The van der Waals surface area contributed by atoms with Gasteiger partial charge in [0, 0.05) is 11.1 Å². The topological polar surface area (TPSA) is 65.0 Å². The molecule has 170 valence electrons. The van der Waals surface area contributed by atoms with Crippen LogP contribution in [0.25, 0.3) is 34.1 Å². The van der Waals surface area contributed by atoms with Crippen molar-refractivity contribution < 1.29 is 9.05 Å². The van der Waals surface area contributed by atoms with Crippen molar-refractivity contribution >= 4 is 11.6 Å². The van der Waals surface area contributed by atoms with E-state index in [2.05, 4.69) is 46.5 Å². The summed E-state index contributed by atoms with van der Waals surface area (Å²) < 4.78 is 11.1. The third-order valence-electron chi connectivity index (χ3n) is 6.82. The van der Waals surface area contributed by atoms with Crippen molar-refractivity contribution in [1.82, 2.24) is 15.3 Å². The van der Waals surface area contributed by atoms with Crippen LogP contribution in [0.4, 0.5) is 0 Å². The minimum Gasteiger partial charge on any atom is -0.360 e. The molecule has 0 amide bonds. The van der Waals surface area contributed by atoms with Gasteiger partial charge < -0.3 is 9.05 Å². The molecule has 0 saturated heterocycles. The van der Waals surface area contributed by atoms with Gasteiger partial charge in [-0.3, -0.25) is 0 Å². The van der Waals surface area contributed by atoms with Crippen LogP contribution in [0.5, 0.6) is 0 Å². The quantitative estimate of drug-likeness (QED) is 0.290. The highest BCUT2D eigenvalue weighted by Crippen LogP contribution is 2.39. The van der Waals surface area contributed by atoms with E-state index in [1.54, 1.807) is 0 Å². The van der Waals surface area contributed by atoms with E-state index in [-0.39, 0.29) is 0 Å². The Labute approximate surface area is 199 Å². The molecule has 5 rings (SSSR count). The first-order chi connectivity index (χ1) is 16.1. The molecule has 2 heterocycles. The predicted octanol–water partition coefficient (Wildman–Crippen LogP) is 8.09. The molecule has 0 radical (unpaired) electrons. The standard InChI is InChI=1S/C27H28ClN3O2/c1-3-6-18-9-11-19(12-10-18)20-13-15-21(16-14-20)26-29-27(33-31-26)24-17(2)32-30-25(24)22-7-4-5-8-23(22)28/h4-5,7-8,13-16,18-19H,3,6,9-12H2,1-2H3. The van der Waals surface area contributed by atoms with Crippen LogP contribution < -0.4 is 0 Å². The van der Waals surface area contributed by atoms with E-state index in [4.69, 9.17) is 20.6 Å². The maximum atomic E-state index is 6.38. The predicted molar refractivity (Wildman–Crippen MR) is 130 cm³/mol. The number of halogens is 1. The van der Waals surface area contributed by atoms with Gasteiger partial charge >= 0.3 is 0 Å². The molecule has 0 N–H and O–H groups in total. The van der Waals surface area contributed by atoms with Crippen LogP contribution in [-0.4, -0.2) is 15.3 Å². The molecule has 1 saturated carbocycles. The lowest BCUT2D eigenvalue weighted by Crippen LogP contribution is -2.13. The number of aromatic nitrogens is 3. The number of aryl methyl sites for hydroxylation is 1. The Balaban J connectivity index is 1.36. The summed E-state index contributed by atoms with van der Waals surface area (Å²) in [6.07, 6.45) is 7.93. The second kappa shape index (κ2) is 9.52. The highest BCUT2D eigenvalue weighted by Gasteiger charge is 2.25. The normalized spacial score (nSPS) is 18.5. The smallest absolute Gasteiger partial charge is 0.264 e. The summed E-state index contributed by atoms with van der Waals surface area (Å²) in [5, 5.41) is 9.01. The summed E-state index contributed by atoms with van der Waals surface area (Å²) in [7, 11) is 0. The van der Waals surface area contributed by atoms with E-state index in [9.17, 15) is 0 Å². The summed E-state index contributed by atoms with van der Waals surface area (Å²) in [6.45, 7) is 4.12. The molecule has 2 aromatic carbocycles. The van der Waals surface area contributed by atoms with Crippen LogP contribution in [0.2, 0.25) is 5.02 Å². The van der Waals surface area contributed by atoms with Crippen LogP contribution in [0.15, 0.2) is 57.6 Å². The van der Waals surface area contributed by atoms with E-state index in [1.165, 1.54) is 44.1 Å². The average molecular weight is 462 g/mol. The van der Waals surface area contributed by atoms with E-state index in [0.29, 0.717) is 39.7 Å². The Kier molecular flexibility index (Phi) is 6.32. The first-order valence-electron chi connectivity index (χ1n) is 11.8. The van der Waals surface area contributed by atoms with E-state index < -0.39 is 0 Å². The van der Waals surface area contributed by atoms with Crippen LogP contribution in [-0.2, 0) is 0 Å². The number of hydrogen-bond acceptors (Lipinski definition) is 5. The lowest BCUT2D eigenvalue weighted by Gasteiger charge is -2.28. The Morgan fingerprint density at radius 1 is 0.939 bits per heavy atom. The summed E-state index contributed by atoms with van der Waals surface area (Å²) in [5.41, 5.74) is 4.38. The van der Waals surface area contributed by atoms with Gasteiger partial charge in [0.15, 0.2) is 0 Å². The van der Waals surface area contributed by atoms with Crippen molar-refractivity contribution in [2.24, 2.45) is 5.92 Å². The summed E-state index contributed by atoms with van der Waals surface area (Å²) in [4.78, 5) is 4.65. The highest BCUT2D eigenvalue weighted by atomic mass is 35.5. The van der Waals surface area contributed by atoms with E-state index in [1.807, 2.05) is 31.2 Å². The van der Waals surface area contributed by atoms with Crippen molar-refractivity contribution in [2.75, 3.05) is 0 Å². The summed E-state index contributed by atoms with van der Waals surface area (Å²) >= 11 is 6.38. The first-order valence-corrected chi connectivity index (χ1v) is 12.2. The average Bonchev–Trinajstić information content (AvgIpc) is 3.47. The van der Waals surface area contributed by atoms with Gasteiger partial charge in [-0.05, 0) is 56.1 Å². The molecule has 0 bridgehead atoms. The molecule has 6 heteroatoms. The fourth-order valence-electron chi connectivity index (χ4n) is 5.00. The van der Waals surface area contributed by atoms with Crippen LogP contribution in [0.3, 0.4) is 0 Å². The molecular weight excluding hydrogens is 434 g/mol. The Morgan fingerprint density at radius 2 is 1.70 bits per heavy atom. The molecule has 33 heavy (non-hydrogen) atoms. The van der Waals surface area contributed by atoms with E-state index >= 15 is 0 Å². The Hall–Kier alpha value is -2.92. The van der Waals surface area contributed by atoms with Gasteiger partial charge in [0.2, 0.25) is 5.82 Å². The van der Waals surface area contributed by atoms with Gasteiger partial charge in [0.05, 0.1) is 5.02 Å². The molecular formula is C27H28ClN3O2. The Bertz CT molecular complexity index is 1220. The molecule has 1 aliphatic carbocycles. The fourth-order valence-corrected chi connectivity index (χ4v) is 5.23. The number of hydrogen-bond donors (Lipinski definition) is 0. The first kappa shape index (κ1) is 21.9. The number of rotatable bonds is 6. The zero-order chi connectivity index (χ0) is 22.8. The van der Waals surface area contributed by atoms with Crippen molar-refractivity contribution in [2.45, 2.75) is 58.3 Å². The number of nitrogens with zero attached hydrogens (tertiary/aromatic N) is 3. The molecule has 1 aliphatic rings. The monoisotopic (exact) mass is 461 g/mol. The van der Waals surface area contributed by atoms with Gasteiger partial charge in [0.25, 0.3) is 5.89 Å². The SMILES string of the molecule is CCCC1CCC(c2ccc(-c3noc(-c4c(-c5ccccc5Cl)noc4C)n3)cc2)CC1. The fraction of sp³-hybridized carbons (Fsp3) is 0.370. The summed E-state index contributed by atoms with van der Waals surface area (Å²) in [5.74, 6) is 3.10. The molecule has 1 fully saturated rings. The second-order valence-corrected chi connectivity index (χ2v) is 9.40. The van der Waals surface area contributed by atoms with Gasteiger partial charge in [-0.25, -0.2) is 0 Å². The van der Waals surface area contributed by atoms with Gasteiger partial charge in [-0.2, -0.15) is 4.98 Å². The molecule has 0 atom stereocenters. The van der Waals surface area contributed by atoms with Crippen molar-refractivity contribution in [1.29, 1.82) is 0 Å². The second-order valence-electron chi connectivity index (χ2n) is 8.99. The minimum absolute atomic E-state index is 0.372. The summed E-state index contributed by atoms with van der Waals surface area (Å²) in [6, 6.07) is 16.1. The maximum absolute atomic E-state index is 6.38. The van der Waals surface area contributed by atoms with E-state index in [0.717, 1.165) is 17.0 Å². The zero-order valence-corrected chi connectivity index (χ0v) is 19.8. The third kappa shape index (κ3) is 4.47. The van der Waals surface area contributed by atoms with Crippen molar-refractivity contribution in [3.8, 4) is 34.1 Å². The third-order valence-corrected chi connectivity index (χ3v) is 7.15. The van der Waals surface area contributed by atoms with Crippen LogP contribution in [0, 0.1) is 12.8 Å². The van der Waals surface area contributed by atoms with Gasteiger partial charge in [-0.1, -0.05) is 84.1 Å². The Morgan fingerprint density at radius 3 is 2.42 bits per heavy atom. The zero-order valence-electron chi connectivity index (χ0n) is 19.1. The molecule has 0 spiro atoms. The van der Waals surface area contributed by atoms with Crippen molar-refractivity contribution in [3.05, 3.63) is 64.9 Å². The number of benzene rings is 2. The molecule has 5 nitrogen and oxygen atoms in total. The maximum Gasteiger partial charge on any atom is 0.264 e. The molecule has 2 aromatic heterocycles. The molecule has 4 aromatic rings. The minimum atomic E-state index is 0.372.